The van der Waals surface area contributed by atoms with Crippen LogP contribution < -0.4 is 9.70 Å². The van der Waals surface area contributed by atoms with Gasteiger partial charge in [-0.05, 0) is 42.5 Å². The summed E-state index contributed by atoms with van der Waals surface area (Å²) in [6, 6.07) is 10.2. The van der Waals surface area contributed by atoms with Gasteiger partial charge in [-0.3, -0.25) is 4.79 Å². The van der Waals surface area contributed by atoms with Crippen molar-refractivity contribution in [2.75, 3.05) is 31.1 Å². The van der Waals surface area contributed by atoms with Gasteiger partial charge in [0.1, 0.15) is 10.7 Å². The predicted molar refractivity (Wildman–Crippen MR) is 122 cm³/mol. The summed E-state index contributed by atoms with van der Waals surface area (Å²) < 4.78 is 42.8. The largest absolute Gasteiger partial charge is 0.369 e. The van der Waals surface area contributed by atoms with Crippen molar-refractivity contribution >= 4 is 44.6 Å². The van der Waals surface area contributed by atoms with E-state index in [9.17, 15) is 17.6 Å². The minimum absolute atomic E-state index is 0.0455. The van der Waals surface area contributed by atoms with Crippen LogP contribution in [0.2, 0.25) is 5.02 Å². The Morgan fingerprint density at radius 2 is 1.78 bits per heavy atom. The fourth-order valence-corrected chi connectivity index (χ4v) is 6.05. The van der Waals surface area contributed by atoms with Gasteiger partial charge in [-0.2, -0.15) is 9.30 Å². The molecule has 0 aliphatic carbocycles. The molecule has 2 heterocycles. The monoisotopic (exact) mass is 494 g/mol. The molecule has 1 aliphatic rings. The van der Waals surface area contributed by atoms with Crippen LogP contribution >= 0.6 is 22.9 Å². The smallest absolute Gasteiger partial charge is 0.279 e. The summed E-state index contributed by atoms with van der Waals surface area (Å²) in [6.45, 7) is 1.38. The molecule has 0 unspecified atom stereocenters. The molecule has 32 heavy (non-hydrogen) atoms. The molecule has 0 bridgehead atoms. The molecule has 4 rings (SSSR count). The number of carbonyl (C=O) groups is 1. The zero-order chi connectivity index (χ0) is 22.9. The molecular formula is C21H20ClFN4O3S2. The standard InChI is InChI=1S/C21H20ClFN4O3S2/c1-25-12-13-31-21(25)24-20(28)15-2-7-18(22)19(14-15)32(29,30)27-10-8-26(9-11-27)17-5-3-16(23)4-6-17/h2-7,12-14H,8-11H2,1H3. The van der Waals surface area contributed by atoms with Crippen LogP contribution in [0.3, 0.4) is 0 Å². The lowest BCUT2D eigenvalue weighted by atomic mass is 10.2. The quantitative estimate of drug-likeness (QED) is 0.558. The second-order valence-corrected chi connectivity index (χ2v) is 10.4. The van der Waals surface area contributed by atoms with Gasteiger partial charge in [-0.15, -0.1) is 11.3 Å². The van der Waals surface area contributed by atoms with Crippen molar-refractivity contribution in [2.45, 2.75) is 4.90 Å². The molecular weight excluding hydrogens is 475 g/mol. The highest BCUT2D eigenvalue weighted by Crippen LogP contribution is 2.28. The molecule has 0 radical (unpaired) electrons. The zero-order valence-corrected chi connectivity index (χ0v) is 19.5. The van der Waals surface area contributed by atoms with Crippen LogP contribution in [0.15, 0.2) is 63.9 Å². The number of hydrogen-bond acceptors (Lipinski definition) is 5. The summed E-state index contributed by atoms with van der Waals surface area (Å²) in [6.07, 6.45) is 1.78. The number of carbonyl (C=O) groups excluding carboxylic acids is 1. The van der Waals surface area contributed by atoms with Gasteiger partial charge in [0.2, 0.25) is 10.0 Å². The van der Waals surface area contributed by atoms with Crippen LogP contribution in [0.25, 0.3) is 0 Å². The summed E-state index contributed by atoms with van der Waals surface area (Å²) in [5.74, 6) is -0.865. The fourth-order valence-electron chi connectivity index (χ4n) is 3.40. The molecule has 3 aromatic rings. The third kappa shape index (κ3) is 4.63. The van der Waals surface area contributed by atoms with Gasteiger partial charge in [0.25, 0.3) is 5.91 Å². The first kappa shape index (κ1) is 22.7. The maximum atomic E-state index is 13.3. The van der Waals surface area contributed by atoms with Crippen LogP contribution in [0.1, 0.15) is 10.4 Å². The topological polar surface area (TPSA) is 75.0 Å². The Bertz CT molecular complexity index is 1310. The molecule has 1 saturated heterocycles. The predicted octanol–water partition coefficient (Wildman–Crippen LogP) is 3.13. The van der Waals surface area contributed by atoms with Crippen molar-refractivity contribution in [2.24, 2.45) is 12.0 Å². The Hall–Kier alpha value is -2.53. The number of piperazine rings is 1. The molecule has 7 nitrogen and oxygen atoms in total. The number of thiazole rings is 1. The van der Waals surface area contributed by atoms with Gasteiger partial charge in [0.15, 0.2) is 4.80 Å². The maximum Gasteiger partial charge on any atom is 0.279 e. The number of rotatable bonds is 4. The second kappa shape index (κ2) is 9.14. The average Bonchev–Trinajstić information content (AvgIpc) is 3.18. The number of halogens is 2. The van der Waals surface area contributed by atoms with Crippen molar-refractivity contribution in [1.82, 2.24) is 8.87 Å². The number of anilines is 1. The lowest BCUT2D eigenvalue weighted by Gasteiger charge is -2.35. The highest BCUT2D eigenvalue weighted by Gasteiger charge is 2.31. The van der Waals surface area contributed by atoms with Crippen LogP contribution in [-0.2, 0) is 17.1 Å². The molecule has 0 atom stereocenters. The van der Waals surface area contributed by atoms with Crippen molar-refractivity contribution in [3.05, 3.63) is 75.2 Å². The number of hydrogen-bond donors (Lipinski definition) is 0. The number of benzene rings is 2. The Balaban J connectivity index is 1.55. The van der Waals surface area contributed by atoms with Crippen molar-refractivity contribution in [3.63, 3.8) is 0 Å². The first-order chi connectivity index (χ1) is 15.3. The molecule has 1 aliphatic heterocycles. The van der Waals surface area contributed by atoms with Crippen molar-refractivity contribution in [3.8, 4) is 0 Å². The average molecular weight is 495 g/mol. The van der Waals surface area contributed by atoms with E-state index in [1.807, 2.05) is 4.90 Å². The Kier molecular flexibility index (Phi) is 6.47. The molecule has 1 fully saturated rings. The molecule has 1 aromatic heterocycles. The van der Waals surface area contributed by atoms with E-state index in [1.54, 1.807) is 35.3 Å². The summed E-state index contributed by atoms with van der Waals surface area (Å²) in [5.41, 5.74) is 0.976. The number of nitrogens with zero attached hydrogens (tertiary/aromatic N) is 4. The van der Waals surface area contributed by atoms with E-state index in [4.69, 9.17) is 11.6 Å². The molecule has 0 N–H and O–H groups in total. The van der Waals surface area contributed by atoms with E-state index in [0.29, 0.717) is 17.9 Å². The Morgan fingerprint density at radius 3 is 2.41 bits per heavy atom. The molecule has 0 spiro atoms. The number of amides is 1. The van der Waals surface area contributed by atoms with Crippen molar-refractivity contribution < 1.29 is 17.6 Å². The van der Waals surface area contributed by atoms with E-state index in [1.165, 1.54) is 46.0 Å². The van der Waals surface area contributed by atoms with E-state index < -0.39 is 15.9 Å². The lowest BCUT2D eigenvalue weighted by Crippen LogP contribution is -2.48. The van der Waals surface area contributed by atoms with Gasteiger partial charge < -0.3 is 9.47 Å². The van der Waals surface area contributed by atoms with Gasteiger partial charge in [-0.1, -0.05) is 11.6 Å². The third-order valence-electron chi connectivity index (χ3n) is 5.18. The van der Waals surface area contributed by atoms with Crippen molar-refractivity contribution in [1.29, 1.82) is 0 Å². The second-order valence-electron chi connectivity index (χ2n) is 7.23. The molecule has 11 heteroatoms. The zero-order valence-electron chi connectivity index (χ0n) is 17.1. The summed E-state index contributed by atoms with van der Waals surface area (Å²) in [4.78, 5) is 19.0. The van der Waals surface area contributed by atoms with Gasteiger partial charge in [-0.25, -0.2) is 12.8 Å². The first-order valence-electron chi connectivity index (χ1n) is 9.75. The lowest BCUT2D eigenvalue weighted by molar-refractivity contribution is 0.0997. The molecule has 1 amide bonds. The third-order valence-corrected chi connectivity index (χ3v) is 8.41. The number of sulfonamides is 1. The van der Waals surface area contributed by atoms with Gasteiger partial charge in [0.05, 0.1) is 5.02 Å². The van der Waals surface area contributed by atoms with E-state index in [-0.39, 0.29) is 34.4 Å². The highest BCUT2D eigenvalue weighted by atomic mass is 35.5. The Morgan fingerprint density at radius 1 is 1.09 bits per heavy atom. The van der Waals surface area contributed by atoms with E-state index in [0.717, 1.165) is 5.69 Å². The maximum absolute atomic E-state index is 13.3. The number of aromatic nitrogens is 1. The summed E-state index contributed by atoms with van der Waals surface area (Å²) in [7, 11) is -2.14. The normalized spacial score (nSPS) is 15.8. The van der Waals surface area contributed by atoms with Crippen LogP contribution in [0.4, 0.5) is 10.1 Å². The summed E-state index contributed by atoms with van der Waals surface area (Å²) in [5, 5.41) is 1.85. The fraction of sp³-hybridized carbons (Fsp3) is 0.238. The first-order valence-corrected chi connectivity index (χ1v) is 12.4. The molecule has 0 saturated carbocycles. The van der Waals surface area contributed by atoms with Gasteiger partial charge >= 0.3 is 0 Å². The van der Waals surface area contributed by atoms with E-state index in [2.05, 4.69) is 4.99 Å². The minimum Gasteiger partial charge on any atom is -0.369 e. The van der Waals surface area contributed by atoms with Crippen LogP contribution in [-0.4, -0.2) is 49.4 Å². The van der Waals surface area contributed by atoms with Crippen LogP contribution in [0, 0.1) is 5.82 Å². The van der Waals surface area contributed by atoms with Gasteiger partial charge in [0, 0.05) is 56.1 Å². The SMILES string of the molecule is Cn1ccsc1=NC(=O)c1ccc(Cl)c(S(=O)(=O)N2CCN(c3ccc(F)cc3)CC2)c1. The molecule has 168 valence electrons. The van der Waals surface area contributed by atoms with E-state index >= 15 is 0 Å². The summed E-state index contributed by atoms with van der Waals surface area (Å²) >= 11 is 7.52. The number of aryl methyl sites for hydroxylation is 1. The molecule has 2 aromatic carbocycles. The minimum atomic E-state index is -3.91. The van der Waals surface area contributed by atoms with Crippen LogP contribution in [0.5, 0.6) is 0 Å². The Labute approximate surface area is 194 Å². The highest BCUT2D eigenvalue weighted by molar-refractivity contribution is 7.89.